The molecule has 10 heteroatoms. The van der Waals surface area contributed by atoms with Gasteiger partial charge in [0.25, 0.3) is 5.91 Å². The zero-order valence-corrected chi connectivity index (χ0v) is 25.9. The van der Waals surface area contributed by atoms with E-state index in [1.807, 2.05) is 26.0 Å². The normalized spacial score (nSPS) is 27.0. The minimum absolute atomic E-state index is 0.0745. The number of carbonyl (C=O) groups excluding carboxylic acids is 3. The van der Waals surface area contributed by atoms with Gasteiger partial charge in [0.15, 0.2) is 5.78 Å². The van der Waals surface area contributed by atoms with E-state index in [4.69, 9.17) is 21.1 Å². The first-order valence-electron chi connectivity index (χ1n) is 15.3. The van der Waals surface area contributed by atoms with Crippen molar-refractivity contribution < 1.29 is 28.2 Å². The van der Waals surface area contributed by atoms with Gasteiger partial charge in [0.2, 0.25) is 0 Å². The minimum Gasteiger partial charge on any atom is -0.410 e. The van der Waals surface area contributed by atoms with Gasteiger partial charge in [-0.25, -0.2) is 9.18 Å². The first-order chi connectivity index (χ1) is 20.6. The number of carbonyl (C=O) groups is 3. The summed E-state index contributed by atoms with van der Waals surface area (Å²) in [5.74, 6) is -1.09. The average molecular weight is 614 g/mol. The highest BCUT2D eigenvalue weighted by molar-refractivity contribution is 6.30. The Bertz CT molecular complexity index is 1320. The highest BCUT2D eigenvalue weighted by atomic mass is 35.5. The molecule has 2 amide bonds. The number of likely N-dealkylation sites (tertiary alicyclic amines) is 1. The Labute approximate surface area is 257 Å². The van der Waals surface area contributed by atoms with Gasteiger partial charge >= 0.3 is 6.09 Å². The van der Waals surface area contributed by atoms with Crippen molar-refractivity contribution >= 4 is 29.4 Å². The molecule has 3 fully saturated rings. The lowest BCUT2D eigenvalue weighted by Crippen LogP contribution is -2.68. The maximum Gasteiger partial charge on any atom is 0.416 e. The van der Waals surface area contributed by atoms with Crippen LogP contribution in [0.4, 0.5) is 9.18 Å². The third kappa shape index (κ3) is 6.44. The smallest absolute Gasteiger partial charge is 0.410 e. The van der Waals surface area contributed by atoms with Crippen LogP contribution in [0.2, 0.25) is 5.02 Å². The van der Waals surface area contributed by atoms with Crippen LogP contribution in [0, 0.1) is 11.7 Å². The number of benzene rings is 2. The lowest BCUT2D eigenvalue weighted by atomic mass is 9.77. The van der Waals surface area contributed by atoms with Crippen molar-refractivity contribution in [3.63, 3.8) is 0 Å². The van der Waals surface area contributed by atoms with Gasteiger partial charge in [-0.15, -0.1) is 0 Å². The van der Waals surface area contributed by atoms with Crippen molar-refractivity contribution in [3.05, 3.63) is 64.9 Å². The summed E-state index contributed by atoms with van der Waals surface area (Å²) in [6, 6.07) is 11.9. The van der Waals surface area contributed by atoms with Gasteiger partial charge in [0.05, 0.1) is 11.6 Å². The number of rotatable bonds is 7. The predicted molar refractivity (Wildman–Crippen MR) is 162 cm³/mol. The molecular weight excluding hydrogens is 573 g/mol. The van der Waals surface area contributed by atoms with E-state index in [0.717, 1.165) is 18.4 Å². The fourth-order valence-electron chi connectivity index (χ4n) is 7.11. The first-order valence-corrected chi connectivity index (χ1v) is 15.6. The summed E-state index contributed by atoms with van der Waals surface area (Å²) >= 11 is 6.21. The third-order valence-electron chi connectivity index (χ3n) is 9.19. The third-order valence-corrected chi connectivity index (χ3v) is 9.44. The molecule has 4 atom stereocenters. The Hall–Kier alpha value is -3.01. The van der Waals surface area contributed by atoms with Crippen LogP contribution in [0.15, 0.2) is 48.5 Å². The maximum absolute atomic E-state index is 15.1. The molecule has 1 N–H and O–H groups in total. The molecule has 0 saturated carbocycles. The van der Waals surface area contributed by atoms with E-state index < -0.39 is 35.0 Å². The monoisotopic (exact) mass is 613 g/mol. The van der Waals surface area contributed by atoms with Crippen LogP contribution >= 0.6 is 11.6 Å². The molecule has 3 aliphatic rings. The molecule has 8 nitrogen and oxygen atoms in total. The van der Waals surface area contributed by atoms with E-state index >= 15 is 4.79 Å². The molecular formula is C33H41ClFN3O5. The van der Waals surface area contributed by atoms with E-state index in [0.29, 0.717) is 44.0 Å². The SMILES string of the molecule is CCN(C(=O)Oc1ccc(F)cc1)[C@]1(C(=O)N2CCCCC2C(=O)C2CCOC(C)(C)C2)CNC[C@H]1c1ccc(Cl)cc1. The van der Waals surface area contributed by atoms with Gasteiger partial charge in [-0.3, -0.25) is 14.5 Å². The molecule has 3 saturated heterocycles. The molecule has 3 heterocycles. The number of nitrogens with one attached hydrogen (secondary N) is 1. The van der Waals surface area contributed by atoms with Crippen LogP contribution in [-0.4, -0.2) is 77.6 Å². The van der Waals surface area contributed by atoms with Crippen molar-refractivity contribution in [2.75, 3.05) is 32.8 Å². The van der Waals surface area contributed by atoms with E-state index in [-0.39, 0.29) is 36.4 Å². The molecule has 2 aromatic carbocycles. The summed E-state index contributed by atoms with van der Waals surface area (Å²) in [4.78, 5) is 46.3. The molecule has 0 aromatic heterocycles. The quantitative estimate of drug-likeness (QED) is 0.439. The number of amides is 2. The average Bonchev–Trinajstić information content (AvgIpc) is 3.43. The summed E-state index contributed by atoms with van der Waals surface area (Å²) < 4.78 is 25.1. The van der Waals surface area contributed by atoms with Crippen LogP contribution in [0.25, 0.3) is 0 Å². The fourth-order valence-corrected chi connectivity index (χ4v) is 7.24. The number of Topliss-reactive ketones (excluding diaryl/α,β-unsaturated/α-hetero) is 1. The second-order valence-corrected chi connectivity index (χ2v) is 12.9. The lowest BCUT2D eigenvalue weighted by molar-refractivity contribution is -0.154. The highest BCUT2D eigenvalue weighted by Gasteiger charge is 2.58. The van der Waals surface area contributed by atoms with E-state index in [2.05, 4.69) is 5.32 Å². The molecule has 0 radical (unpaired) electrons. The van der Waals surface area contributed by atoms with Crippen LogP contribution in [-0.2, 0) is 14.3 Å². The number of likely N-dealkylation sites (N-methyl/N-ethyl adjacent to an activating group) is 1. The van der Waals surface area contributed by atoms with Crippen molar-refractivity contribution in [2.45, 2.75) is 76.0 Å². The number of halogens is 2. The van der Waals surface area contributed by atoms with Gasteiger partial charge in [-0.1, -0.05) is 23.7 Å². The van der Waals surface area contributed by atoms with Gasteiger partial charge in [-0.05, 0) is 94.8 Å². The molecule has 2 aromatic rings. The van der Waals surface area contributed by atoms with Crippen molar-refractivity contribution in [3.8, 4) is 5.75 Å². The summed E-state index contributed by atoms with van der Waals surface area (Å²) in [6.07, 6.45) is 2.74. The summed E-state index contributed by atoms with van der Waals surface area (Å²) in [5, 5.41) is 3.94. The van der Waals surface area contributed by atoms with Gasteiger partial charge in [0, 0.05) is 49.6 Å². The standard InChI is InChI=1S/C33H41ClFN3O5/c1-4-38(31(41)43-26-14-12-25(35)13-15-26)33(21-36-20-27(33)22-8-10-24(34)11-9-22)30(40)37-17-6-5-7-28(37)29(39)23-16-18-42-32(2,3)19-23/h8-15,23,27-28,36H,4-7,16-21H2,1-3H3/t23?,27-,28?,33+/m0/s1. The van der Waals surface area contributed by atoms with Crippen LogP contribution in [0.3, 0.4) is 0 Å². The summed E-state index contributed by atoms with van der Waals surface area (Å²) in [5.41, 5.74) is -0.923. The summed E-state index contributed by atoms with van der Waals surface area (Å²) in [6.45, 7) is 7.55. The number of ketones is 1. The number of ether oxygens (including phenoxy) is 2. The molecule has 3 aliphatic heterocycles. The van der Waals surface area contributed by atoms with E-state index in [1.165, 1.54) is 29.2 Å². The molecule has 2 unspecified atom stereocenters. The van der Waals surface area contributed by atoms with Crippen LogP contribution in [0.1, 0.15) is 64.4 Å². The zero-order chi connectivity index (χ0) is 30.8. The molecule has 232 valence electrons. The zero-order valence-electron chi connectivity index (χ0n) is 25.1. The van der Waals surface area contributed by atoms with Gasteiger partial charge < -0.3 is 19.7 Å². The Balaban J connectivity index is 1.53. The van der Waals surface area contributed by atoms with Crippen molar-refractivity contribution in [1.29, 1.82) is 0 Å². The second kappa shape index (κ2) is 12.9. The van der Waals surface area contributed by atoms with Gasteiger partial charge in [0.1, 0.15) is 17.1 Å². The van der Waals surface area contributed by atoms with Crippen molar-refractivity contribution in [1.82, 2.24) is 15.1 Å². The molecule has 5 rings (SSSR count). The minimum atomic E-state index is -1.37. The first kappa shape index (κ1) is 31.4. The largest absolute Gasteiger partial charge is 0.416 e. The number of hydrogen-bond acceptors (Lipinski definition) is 6. The van der Waals surface area contributed by atoms with Crippen LogP contribution in [0.5, 0.6) is 5.75 Å². The Kier molecular flexibility index (Phi) is 9.44. The van der Waals surface area contributed by atoms with Crippen molar-refractivity contribution in [2.24, 2.45) is 5.92 Å². The molecule has 0 bridgehead atoms. The number of piperidine rings is 1. The second-order valence-electron chi connectivity index (χ2n) is 12.4. The molecule has 0 aliphatic carbocycles. The highest BCUT2D eigenvalue weighted by Crippen LogP contribution is 2.41. The fraction of sp³-hybridized carbons (Fsp3) is 0.545. The van der Waals surface area contributed by atoms with E-state index in [1.54, 1.807) is 24.0 Å². The predicted octanol–water partition coefficient (Wildman–Crippen LogP) is 5.58. The van der Waals surface area contributed by atoms with Gasteiger partial charge in [-0.2, -0.15) is 0 Å². The number of hydrogen-bond donors (Lipinski definition) is 1. The Morgan fingerprint density at radius 2 is 1.81 bits per heavy atom. The lowest BCUT2D eigenvalue weighted by Gasteiger charge is -2.48. The van der Waals surface area contributed by atoms with Crippen LogP contribution < -0.4 is 10.1 Å². The summed E-state index contributed by atoms with van der Waals surface area (Å²) in [7, 11) is 0. The number of nitrogens with zero attached hydrogens (tertiary/aromatic N) is 2. The molecule has 43 heavy (non-hydrogen) atoms. The maximum atomic E-state index is 15.1. The Morgan fingerprint density at radius 1 is 1.09 bits per heavy atom. The Morgan fingerprint density at radius 3 is 2.49 bits per heavy atom. The molecule has 0 spiro atoms. The van der Waals surface area contributed by atoms with E-state index in [9.17, 15) is 14.0 Å². The topological polar surface area (TPSA) is 88.2 Å².